The number of carbonyl (C=O) groups is 1. The minimum absolute atomic E-state index is 0.0299. The molecule has 0 N–H and O–H groups in total. The van der Waals surface area contributed by atoms with Gasteiger partial charge in [-0.15, -0.1) is 0 Å². The zero-order chi connectivity index (χ0) is 18.5. The van der Waals surface area contributed by atoms with Crippen LogP contribution < -0.4 is 9.64 Å². The predicted octanol–water partition coefficient (Wildman–Crippen LogP) is 3.43. The van der Waals surface area contributed by atoms with E-state index in [0.29, 0.717) is 0 Å². The van der Waals surface area contributed by atoms with Crippen molar-refractivity contribution in [3.8, 4) is 5.75 Å². The largest absolute Gasteiger partial charge is 0.490 e. The number of methoxy groups -OCH3 is 1. The number of nitrogens with zero attached hydrogens (tertiary/aromatic N) is 2. The van der Waals surface area contributed by atoms with Gasteiger partial charge in [-0.25, -0.2) is 4.79 Å². The summed E-state index contributed by atoms with van der Waals surface area (Å²) in [5, 5.41) is 11.1. The lowest BCUT2D eigenvalue weighted by Crippen LogP contribution is -2.38. The number of piperidine rings is 1. The molecular weight excluding hydrogens is 336 g/mol. The molecule has 0 spiro atoms. The third-order valence-corrected chi connectivity index (χ3v) is 4.44. The van der Waals surface area contributed by atoms with Gasteiger partial charge in [0.25, 0.3) is 5.69 Å². The summed E-state index contributed by atoms with van der Waals surface area (Å²) in [5.74, 6) is 0.148. The summed E-state index contributed by atoms with van der Waals surface area (Å²) in [6.07, 6.45) is 1.80. The van der Waals surface area contributed by atoms with Crippen molar-refractivity contribution in [2.75, 3.05) is 25.1 Å². The summed E-state index contributed by atoms with van der Waals surface area (Å²) in [5.41, 5.74) is 0.495. The Hall–Kier alpha value is -3.09. The van der Waals surface area contributed by atoms with Crippen molar-refractivity contribution in [2.45, 2.75) is 18.9 Å². The second kappa shape index (κ2) is 7.86. The zero-order valence-electron chi connectivity index (χ0n) is 14.5. The summed E-state index contributed by atoms with van der Waals surface area (Å²) >= 11 is 0. The summed E-state index contributed by atoms with van der Waals surface area (Å²) in [6, 6.07) is 14.3. The van der Waals surface area contributed by atoms with E-state index in [1.165, 1.54) is 19.2 Å². The molecule has 0 bridgehead atoms. The second-order valence-corrected chi connectivity index (χ2v) is 6.07. The molecule has 0 aromatic heterocycles. The van der Waals surface area contributed by atoms with Gasteiger partial charge in [0.2, 0.25) is 0 Å². The van der Waals surface area contributed by atoms with E-state index in [1.807, 2.05) is 30.3 Å². The number of esters is 1. The number of ether oxygens (including phenoxy) is 2. The SMILES string of the molecule is COC(=O)c1cc(N2CCC(Oc3ccccc3)CC2)ccc1[N+](=O)[O-]. The monoisotopic (exact) mass is 356 g/mol. The molecule has 0 aliphatic carbocycles. The molecule has 2 aromatic carbocycles. The topological polar surface area (TPSA) is 81.9 Å². The molecule has 1 saturated heterocycles. The highest BCUT2D eigenvalue weighted by molar-refractivity contribution is 5.95. The number of nitro groups is 1. The van der Waals surface area contributed by atoms with Crippen molar-refractivity contribution in [1.29, 1.82) is 0 Å². The lowest BCUT2D eigenvalue weighted by molar-refractivity contribution is -0.385. The highest BCUT2D eigenvalue weighted by Crippen LogP contribution is 2.28. The first kappa shape index (κ1) is 17.7. The molecule has 1 heterocycles. The van der Waals surface area contributed by atoms with E-state index in [2.05, 4.69) is 9.64 Å². The van der Waals surface area contributed by atoms with Crippen molar-refractivity contribution in [2.24, 2.45) is 0 Å². The van der Waals surface area contributed by atoms with Crippen molar-refractivity contribution >= 4 is 17.3 Å². The van der Waals surface area contributed by atoms with Gasteiger partial charge in [0, 0.05) is 37.7 Å². The van der Waals surface area contributed by atoms with Gasteiger partial charge in [-0.05, 0) is 24.3 Å². The Balaban J connectivity index is 1.69. The van der Waals surface area contributed by atoms with E-state index in [1.54, 1.807) is 6.07 Å². The molecule has 1 fully saturated rings. The zero-order valence-corrected chi connectivity index (χ0v) is 14.5. The van der Waals surface area contributed by atoms with E-state index in [4.69, 9.17) is 4.74 Å². The minimum atomic E-state index is -0.708. The van der Waals surface area contributed by atoms with Crippen LogP contribution in [-0.4, -0.2) is 37.2 Å². The molecule has 0 amide bonds. The Kier molecular flexibility index (Phi) is 5.36. The average Bonchev–Trinajstić information content (AvgIpc) is 2.68. The number of carbonyl (C=O) groups excluding carboxylic acids is 1. The molecule has 0 atom stereocenters. The fourth-order valence-corrected chi connectivity index (χ4v) is 3.08. The number of nitro benzene ring substituents is 1. The lowest BCUT2D eigenvalue weighted by atomic mass is 10.1. The van der Waals surface area contributed by atoms with E-state index in [0.717, 1.165) is 37.4 Å². The Bertz CT molecular complexity index is 786. The van der Waals surface area contributed by atoms with Gasteiger partial charge >= 0.3 is 5.97 Å². The van der Waals surface area contributed by atoms with E-state index >= 15 is 0 Å². The maximum atomic E-state index is 11.9. The predicted molar refractivity (Wildman–Crippen MR) is 96.7 cm³/mol. The van der Waals surface area contributed by atoms with E-state index in [-0.39, 0.29) is 17.4 Å². The molecule has 136 valence electrons. The molecule has 0 unspecified atom stereocenters. The normalized spacial score (nSPS) is 14.7. The maximum Gasteiger partial charge on any atom is 0.344 e. The van der Waals surface area contributed by atoms with Gasteiger partial charge in [0.15, 0.2) is 0 Å². The van der Waals surface area contributed by atoms with Gasteiger partial charge < -0.3 is 14.4 Å². The summed E-state index contributed by atoms with van der Waals surface area (Å²) in [4.78, 5) is 24.5. The van der Waals surface area contributed by atoms with Gasteiger partial charge in [-0.1, -0.05) is 18.2 Å². The van der Waals surface area contributed by atoms with Crippen LogP contribution in [0, 0.1) is 10.1 Å². The molecule has 3 rings (SSSR count). The van der Waals surface area contributed by atoms with Crippen molar-refractivity contribution in [1.82, 2.24) is 0 Å². The number of rotatable bonds is 5. The van der Waals surface area contributed by atoms with Crippen LogP contribution in [0.15, 0.2) is 48.5 Å². The number of anilines is 1. The van der Waals surface area contributed by atoms with Gasteiger partial charge in [-0.2, -0.15) is 0 Å². The summed E-state index contributed by atoms with van der Waals surface area (Å²) in [7, 11) is 1.21. The van der Waals surface area contributed by atoms with E-state index in [9.17, 15) is 14.9 Å². The Labute approximate surface area is 151 Å². The van der Waals surface area contributed by atoms with Crippen LogP contribution in [0.3, 0.4) is 0 Å². The van der Waals surface area contributed by atoms with Crippen molar-refractivity contribution in [3.05, 3.63) is 64.2 Å². The second-order valence-electron chi connectivity index (χ2n) is 6.07. The molecule has 0 radical (unpaired) electrons. The van der Waals surface area contributed by atoms with Crippen LogP contribution in [0.2, 0.25) is 0 Å². The molecule has 0 saturated carbocycles. The number of hydrogen-bond donors (Lipinski definition) is 0. The molecule has 2 aromatic rings. The van der Waals surface area contributed by atoms with Gasteiger partial charge in [0.05, 0.1) is 12.0 Å². The first-order valence-corrected chi connectivity index (χ1v) is 8.42. The molecule has 1 aliphatic rings. The van der Waals surface area contributed by atoms with Crippen molar-refractivity contribution < 1.29 is 19.2 Å². The van der Waals surface area contributed by atoms with Gasteiger partial charge in [0.1, 0.15) is 17.4 Å². The number of hydrogen-bond acceptors (Lipinski definition) is 6. The van der Waals surface area contributed by atoms with Gasteiger partial charge in [-0.3, -0.25) is 10.1 Å². The lowest BCUT2D eigenvalue weighted by Gasteiger charge is -2.33. The van der Waals surface area contributed by atoms with Crippen LogP contribution in [0.4, 0.5) is 11.4 Å². The Morgan fingerprint density at radius 2 is 1.85 bits per heavy atom. The molecule has 26 heavy (non-hydrogen) atoms. The van der Waals surface area contributed by atoms with E-state index < -0.39 is 10.9 Å². The molecule has 1 aliphatic heterocycles. The van der Waals surface area contributed by atoms with Crippen LogP contribution in [0.5, 0.6) is 5.75 Å². The molecular formula is C19H20N2O5. The fourth-order valence-electron chi connectivity index (χ4n) is 3.08. The smallest absolute Gasteiger partial charge is 0.344 e. The average molecular weight is 356 g/mol. The van der Waals surface area contributed by atoms with Crippen LogP contribution in [-0.2, 0) is 4.74 Å². The highest BCUT2D eigenvalue weighted by Gasteiger charge is 2.25. The Morgan fingerprint density at radius 3 is 2.46 bits per heavy atom. The first-order chi connectivity index (χ1) is 12.6. The Morgan fingerprint density at radius 1 is 1.15 bits per heavy atom. The summed E-state index contributed by atoms with van der Waals surface area (Å²) < 4.78 is 10.7. The molecule has 7 nitrogen and oxygen atoms in total. The van der Waals surface area contributed by atoms with Crippen LogP contribution >= 0.6 is 0 Å². The van der Waals surface area contributed by atoms with Crippen LogP contribution in [0.1, 0.15) is 23.2 Å². The standard InChI is InChI=1S/C19H20N2O5/c1-25-19(22)17-13-14(7-8-18(17)21(23)24)20-11-9-16(10-12-20)26-15-5-3-2-4-6-15/h2-8,13,16H,9-12H2,1H3. The third kappa shape index (κ3) is 3.93. The number of para-hydroxylation sites is 1. The maximum absolute atomic E-state index is 11.9. The quantitative estimate of drug-likeness (QED) is 0.464. The number of benzene rings is 2. The van der Waals surface area contributed by atoms with Crippen LogP contribution in [0.25, 0.3) is 0 Å². The first-order valence-electron chi connectivity index (χ1n) is 8.42. The summed E-state index contributed by atoms with van der Waals surface area (Å²) in [6.45, 7) is 1.49. The third-order valence-electron chi connectivity index (χ3n) is 4.44. The minimum Gasteiger partial charge on any atom is -0.490 e. The fraction of sp³-hybridized carbons (Fsp3) is 0.316. The highest BCUT2D eigenvalue weighted by atomic mass is 16.6. The molecule has 7 heteroatoms. The van der Waals surface area contributed by atoms with Crippen molar-refractivity contribution in [3.63, 3.8) is 0 Å².